The second-order valence-electron chi connectivity index (χ2n) is 11.7. The second kappa shape index (κ2) is 14.3. The van der Waals surface area contributed by atoms with Gasteiger partial charge in [-0.25, -0.2) is 4.79 Å². The van der Waals surface area contributed by atoms with Crippen LogP contribution < -0.4 is 16.4 Å². The van der Waals surface area contributed by atoms with E-state index >= 15 is 0 Å². The molecule has 0 bridgehead atoms. The number of alkyl carbamates (subject to hydrolysis) is 1. The molecule has 1 saturated carbocycles. The number of hydrogen-bond acceptors (Lipinski definition) is 5. The molecular weight excluding hydrogens is 496 g/mol. The number of primary amides is 1. The minimum Gasteiger partial charge on any atom is -0.444 e. The molecule has 39 heavy (non-hydrogen) atoms. The number of benzene rings is 1. The molecule has 0 aromatic heterocycles. The summed E-state index contributed by atoms with van der Waals surface area (Å²) in [6, 6.07) is 3.46. The first-order valence-electron chi connectivity index (χ1n) is 14.2. The van der Waals surface area contributed by atoms with Crippen LogP contribution in [0.1, 0.15) is 109 Å². The van der Waals surface area contributed by atoms with Crippen LogP contribution in [0.5, 0.6) is 0 Å². The summed E-state index contributed by atoms with van der Waals surface area (Å²) in [4.78, 5) is 54.3. The molecule has 0 aliphatic heterocycles. The van der Waals surface area contributed by atoms with E-state index in [0.717, 1.165) is 48.8 Å². The lowest BCUT2D eigenvalue weighted by atomic mass is 9.91. The molecule has 1 aromatic carbocycles. The lowest BCUT2D eigenvalue weighted by Crippen LogP contribution is -2.56. The zero-order valence-corrected chi connectivity index (χ0v) is 24.8. The molecule has 9 heteroatoms. The van der Waals surface area contributed by atoms with Gasteiger partial charge in [0.1, 0.15) is 17.7 Å². The van der Waals surface area contributed by atoms with Crippen LogP contribution in [0.4, 0.5) is 4.79 Å². The van der Waals surface area contributed by atoms with Gasteiger partial charge in [-0.15, -0.1) is 0 Å². The van der Waals surface area contributed by atoms with Gasteiger partial charge in [-0.2, -0.15) is 0 Å². The van der Waals surface area contributed by atoms with Crippen molar-refractivity contribution in [3.8, 4) is 0 Å². The van der Waals surface area contributed by atoms with Crippen LogP contribution in [0.15, 0.2) is 18.2 Å². The summed E-state index contributed by atoms with van der Waals surface area (Å²) in [5, 5.41) is 5.87. The molecular formula is C30H48N4O5. The Labute approximate surface area is 233 Å². The summed E-state index contributed by atoms with van der Waals surface area (Å²) in [6.45, 7) is 12.9. The fourth-order valence-electron chi connectivity index (χ4n) is 4.98. The van der Waals surface area contributed by atoms with E-state index in [1.807, 2.05) is 45.9 Å². The lowest BCUT2D eigenvalue weighted by Gasteiger charge is -2.39. The first-order chi connectivity index (χ1) is 18.2. The molecule has 1 aromatic rings. The van der Waals surface area contributed by atoms with Gasteiger partial charge in [0.05, 0.1) is 0 Å². The quantitative estimate of drug-likeness (QED) is 0.375. The molecule has 1 fully saturated rings. The molecule has 3 atom stereocenters. The van der Waals surface area contributed by atoms with Crippen LogP contribution in [-0.2, 0) is 19.1 Å². The van der Waals surface area contributed by atoms with E-state index in [9.17, 15) is 19.2 Å². The molecule has 218 valence electrons. The zero-order chi connectivity index (χ0) is 29.3. The normalized spacial score (nSPS) is 16.5. The predicted octanol–water partition coefficient (Wildman–Crippen LogP) is 4.58. The highest BCUT2D eigenvalue weighted by molar-refractivity contribution is 5.93. The Morgan fingerprint density at radius 3 is 2.31 bits per heavy atom. The lowest BCUT2D eigenvalue weighted by molar-refractivity contribution is -0.145. The van der Waals surface area contributed by atoms with E-state index in [-0.39, 0.29) is 30.8 Å². The summed E-state index contributed by atoms with van der Waals surface area (Å²) >= 11 is 0. The molecule has 0 saturated heterocycles. The van der Waals surface area contributed by atoms with Crippen molar-refractivity contribution < 1.29 is 23.9 Å². The van der Waals surface area contributed by atoms with Crippen LogP contribution in [0.3, 0.4) is 0 Å². The van der Waals surface area contributed by atoms with E-state index in [1.165, 1.54) is 0 Å². The van der Waals surface area contributed by atoms with Crippen LogP contribution in [-0.4, -0.2) is 52.4 Å². The van der Waals surface area contributed by atoms with Crippen molar-refractivity contribution in [3.05, 3.63) is 34.9 Å². The van der Waals surface area contributed by atoms with Crippen molar-refractivity contribution in [3.63, 3.8) is 0 Å². The van der Waals surface area contributed by atoms with Crippen molar-refractivity contribution in [2.75, 3.05) is 0 Å². The molecule has 0 spiro atoms. The first-order valence-corrected chi connectivity index (χ1v) is 14.2. The number of nitrogens with zero attached hydrogens (tertiary/aromatic N) is 1. The number of nitrogens with one attached hydrogen (secondary N) is 2. The smallest absolute Gasteiger partial charge is 0.408 e. The van der Waals surface area contributed by atoms with Gasteiger partial charge in [-0.05, 0) is 83.9 Å². The number of hydrogen-bond donors (Lipinski definition) is 3. The Morgan fingerprint density at radius 2 is 1.74 bits per heavy atom. The maximum absolute atomic E-state index is 14.3. The average molecular weight is 545 g/mol. The Balaban J connectivity index is 2.55. The van der Waals surface area contributed by atoms with Crippen molar-refractivity contribution in [1.29, 1.82) is 0 Å². The number of aryl methyl sites for hydroxylation is 1. The highest BCUT2D eigenvalue weighted by atomic mass is 16.6. The van der Waals surface area contributed by atoms with Crippen molar-refractivity contribution in [2.45, 2.75) is 130 Å². The van der Waals surface area contributed by atoms with Gasteiger partial charge in [0, 0.05) is 18.5 Å². The van der Waals surface area contributed by atoms with Crippen molar-refractivity contribution in [1.82, 2.24) is 15.5 Å². The van der Waals surface area contributed by atoms with Gasteiger partial charge in [0.25, 0.3) is 0 Å². The molecule has 0 radical (unpaired) electrons. The van der Waals surface area contributed by atoms with Gasteiger partial charge < -0.3 is 26.0 Å². The maximum atomic E-state index is 14.3. The van der Waals surface area contributed by atoms with Gasteiger partial charge >= 0.3 is 6.09 Å². The third-order valence-corrected chi connectivity index (χ3v) is 7.41. The summed E-state index contributed by atoms with van der Waals surface area (Å²) in [5.74, 6) is -1.29. The number of amides is 4. The van der Waals surface area contributed by atoms with E-state index < -0.39 is 35.6 Å². The van der Waals surface area contributed by atoms with E-state index in [1.54, 1.807) is 25.7 Å². The van der Waals surface area contributed by atoms with Crippen LogP contribution in [0, 0.1) is 13.8 Å². The molecule has 9 nitrogen and oxygen atoms in total. The molecule has 2 rings (SSSR count). The van der Waals surface area contributed by atoms with Crippen molar-refractivity contribution >= 4 is 23.8 Å². The number of carbonyl (C=O) groups excluding carboxylic acids is 4. The van der Waals surface area contributed by atoms with E-state index in [4.69, 9.17) is 10.5 Å². The van der Waals surface area contributed by atoms with Gasteiger partial charge in [0.2, 0.25) is 17.7 Å². The molecule has 1 aliphatic rings. The number of rotatable bonds is 11. The molecule has 0 heterocycles. The SMILES string of the molecule is CCC(C)N(C(=O)C(CCC(N)=O)NC(=O)OC(C)(C)C)C(C(=O)NC1CCCCC1)c1cccc(C)c1C. The van der Waals surface area contributed by atoms with E-state index in [2.05, 4.69) is 10.6 Å². The Hall–Kier alpha value is -3.10. The minimum absolute atomic E-state index is 0.00981. The third kappa shape index (κ3) is 9.55. The fraction of sp³-hybridized carbons (Fsp3) is 0.667. The first kappa shape index (κ1) is 32.1. The standard InChI is InChI=1S/C30H48N4O5/c1-8-20(3)34(28(37)24(17-18-25(31)35)33-29(38)39-30(5,6)7)26(23-16-12-13-19(2)21(23)4)27(36)32-22-14-10-9-11-15-22/h12-13,16,20,22,24,26H,8-11,14-15,17-18H2,1-7H3,(H2,31,35)(H,32,36)(H,33,38). The second-order valence-corrected chi connectivity index (χ2v) is 11.7. The summed E-state index contributed by atoms with van der Waals surface area (Å²) in [5.41, 5.74) is 7.30. The van der Waals surface area contributed by atoms with Gasteiger partial charge in [-0.3, -0.25) is 14.4 Å². The Morgan fingerprint density at radius 1 is 1.10 bits per heavy atom. The monoisotopic (exact) mass is 544 g/mol. The molecule has 1 aliphatic carbocycles. The maximum Gasteiger partial charge on any atom is 0.408 e. The van der Waals surface area contributed by atoms with Crippen LogP contribution in [0.25, 0.3) is 0 Å². The largest absolute Gasteiger partial charge is 0.444 e. The van der Waals surface area contributed by atoms with Crippen LogP contribution >= 0.6 is 0 Å². The fourth-order valence-corrected chi connectivity index (χ4v) is 4.98. The summed E-state index contributed by atoms with van der Waals surface area (Å²) in [7, 11) is 0. The average Bonchev–Trinajstić information content (AvgIpc) is 2.85. The van der Waals surface area contributed by atoms with E-state index in [0.29, 0.717) is 6.42 Å². The number of ether oxygens (including phenoxy) is 1. The molecule has 4 amide bonds. The number of nitrogens with two attached hydrogens (primary N) is 1. The van der Waals surface area contributed by atoms with Crippen molar-refractivity contribution in [2.24, 2.45) is 5.73 Å². The van der Waals surface area contributed by atoms with Gasteiger partial charge in [0.15, 0.2) is 0 Å². The highest BCUT2D eigenvalue weighted by Crippen LogP contribution is 2.31. The molecule has 4 N–H and O–H groups in total. The summed E-state index contributed by atoms with van der Waals surface area (Å²) < 4.78 is 5.40. The highest BCUT2D eigenvalue weighted by Gasteiger charge is 2.39. The topological polar surface area (TPSA) is 131 Å². The molecule has 3 unspecified atom stereocenters. The van der Waals surface area contributed by atoms with Crippen LogP contribution in [0.2, 0.25) is 0 Å². The Bertz CT molecular complexity index is 1010. The third-order valence-electron chi connectivity index (χ3n) is 7.41. The van der Waals surface area contributed by atoms with Gasteiger partial charge in [-0.1, -0.05) is 44.4 Å². The summed E-state index contributed by atoms with van der Waals surface area (Å²) in [6.07, 6.45) is 4.77. The minimum atomic E-state index is -1.10. The Kier molecular flexibility index (Phi) is 11.8. The predicted molar refractivity (Wildman–Crippen MR) is 152 cm³/mol. The number of carbonyl (C=O) groups is 4. The zero-order valence-electron chi connectivity index (χ0n) is 24.8.